The fraction of sp³-hybridized carbons (Fsp3) is 0.545. The van der Waals surface area contributed by atoms with Crippen LogP contribution in [-0.2, 0) is 11.3 Å². The third-order valence-corrected chi connectivity index (χ3v) is 5.85. The minimum atomic E-state index is -0.0243. The largest absolute Gasteiger partial charge is 0.379 e. The van der Waals surface area contributed by atoms with Crippen molar-refractivity contribution in [2.24, 2.45) is 0 Å². The van der Waals surface area contributed by atoms with E-state index in [1.54, 1.807) is 0 Å². The van der Waals surface area contributed by atoms with Crippen LogP contribution in [0.25, 0.3) is 10.9 Å². The number of nitrogens with zero attached hydrogens (tertiary/aromatic N) is 2. The van der Waals surface area contributed by atoms with Crippen LogP contribution in [0, 0.1) is 0 Å². The maximum Gasteiger partial charge on any atom is 0.194 e. The summed E-state index contributed by atoms with van der Waals surface area (Å²) in [5.74, 6) is 0.0466. The van der Waals surface area contributed by atoms with E-state index in [2.05, 4.69) is 14.8 Å². The molecular weight excluding hydrogens is 354 g/mol. The van der Waals surface area contributed by atoms with Crippen LogP contribution in [-0.4, -0.2) is 66.5 Å². The number of H-pyrrole nitrogens is 1. The minimum Gasteiger partial charge on any atom is -0.379 e. The number of morpholine rings is 1. The number of Topliss-reactive ketones (excluding diaryl/α,β-unsaturated/α-hetero) is 1. The van der Waals surface area contributed by atoms with E-state index in [-0.39, 0.29) is 11.2 Å². The summed E-state index contributed by atoms with van der Waals surface area (Å²) in [5.41, 5.74) is 1.81. The molecule has 0 unspecified atom stereocenters. The zero-order valence-corrected chi connectivity index (χ0v) is 16.4. The van der Waals surface area contributed by atoms with Crippen molar-refractivity contribution >= 4 is 16.7 Å². The Balaban J connectivity index is 1.57. The lowest BCUT2D eigenvalue weighted by Gasteiger charge is -2.27. The van der Waals surface area contributed by atoms with Gasteiger partial charge in [0.25, 0.3) is 0 Å². The van der Waals surface area contributed by atoms with E-state index in [0.29, 0.717) is 42.8 Å². The second-order valence-corrected chi connectivity index (χ2v) is 7.82. The third-order valence-electron chi connectivity index (χ3n) is 5.85. The molecule has 0 saturated carbocycles. The summed E-state index contributed by atoms with van der Waals surface area (Å²) in [4.78, 5) is 34.1. The van der Waals surface area contributed by atoms with Crippen LogP contribution in [0.1, 0.15) is 41.7 Å². The molecule has 0 radical (unpaired) electrons. The van der Waals surface area contributed by atoms with Gasteiger partial charge >= 0.3 is 0 Å². The number of aromatic nitrogens is 1. The number of ether oxygens (including phenoxy) is 1. The first-order valence-corrected chi connectivity index (χ1v) is 10.4. The molecule has 2 saturated heterocycles. The van der Waals surface area contributed by atoms with Gasteiger partial charge in [-0.2, -0.15) is 0 Å². The van der Waals surface area contributed by atoms with Gasteiger partial charge in [0.15, 0.2) is 11.2 Å². The lowest BCUT2D eigenvalue weighted by atomic mass is 10.0. The fourth-order valence-electron chi connectivity index (χ4n) is 4.24. The van der Waals surface area contributed by atoms with Crippen LogP contribution in [0.3, 0.4) is 0 Å². The number of fused-ring (bicyclic) bond motifs is 1. The molecule has 0 bridgehead atoms. The molecule has 0 aliphatic carbocycles. The summed E-state index contributed by atoms with van der Waals surface area (Å²) in [5, 5.41) is 0.652. The summed E-state index contributed by atoms with van der Waals surface area (Å²) in [6.45, 7) is 6.66. The van der Waals surface area contributed by atoms with E-state index in [1.807, 2.05) is 24.3 Å². The first-order chi connectivity index (χ1) is 13.7. The number of hydrogen-bond acceptors (Lipinski definition) is 5. The maximum absolute atomic E-state index is 13.2. The number of pyridine rings is 1. The molecule has 2 aliphatic heterocycles. The quantitative estimate of drug-likeness (QED) is 0.744. The number of carbonyl (C=O) groups is 1. The van der Waals surface area contributed by atoms with Gasteiger partial charge in [-0.1, -0.05) is 12.1 Å². The van der Waals surface area contributed by atoms with Crippen molar-refractivity contribution in [2.45, 2.75) is 32.2 Å². The Morgan fingerprint density at radius 3 is 2.57 bits per heavy atom. The van der Waals surface area contributed by atoms with Crippen LogP contribution in [0.15, 0.2) is 29.1 Å². The van der Waals surface area contributed by atoms with Crippen LogP contribution in [0.4, 0.5) is 0 Å². The molecule has 1 N–H and O–H groups in total. The van der Waals surface area contributed by atoms with Crippen LogP contribution in [0.2, 0.25) is 0 Å². The summed E-state index contributed by atoms with van der Waals surface area (Å²) < 4.78 is 5.42. The molecule has 0 atom stereocenters. The van der Waals surface area contributed by atoms with Gasteiger partial charge in [0, 0.05) is 42.5 Å². The van der Waals surface area contributed by atoms with Gasteiger partial charge in [-0.3, -0.25) is 14.5 Å². The number of likely N-dealkylation sites (tertiary alicyclic amines) is 1. The van der Waals surface area contributed by atoms with E-state index in [9.17, 15) is 9.59 Å². The molecule has 0 amide bonds. The predicted molar refractivity (Wildman–Crippen MR) is 110 cm³/mol. The molecule has 4 rings (SSSR count). The van der Waals surface area contributed by atoms with E-state index in [0.717, 1.165) is 44.7 Å². The summed E-state index contributed by atoms with van der Waals surface area (Å²) >= 11 is 0. The monoisotopic (exact) mass is 383 g/mol. The Morgan fingerprint density at radius 2 is 1.79 bits per heavy atom. The highest BCUT2D eigenvalue weighted by Gasteiger charge is 2.21. The number of hydrogen-bond donors (Lipinski definition) is 1. The Bertz CT molecular complexity index is 880. The number of para-hydroxylation sites is 1. The molecule has 6 heteroatoms. The number of benzene rings is 1. The van der Waals surface area contributed by atoms with Gasteiger partial charge in [-0.05, 0) is 51.0 Å². The van der Waals surface area contributed by atoms with Crippen molar-refractivity contribution in [3.05, 3.63) is 45.7 Å². The molecule has 2 fully saturated rings. The van der Waals surface area contributed by atoms with Gasteiger partial charge in [0.1, 0.15) is 0 Å². The van der Waals surface area contributed by atoms with Crippen molar-refractivity contribution < 1.29 is 9.53 Å². The van der Waals surface area contributed by atoms with E-state index in [1.165, 1.54) is 12.8 Å². The molecule has 28 heavy (non-hydrogen) atoms. The summed E-state index contributed by atoms with van der Waals surface area (Å²) in [6.07, 6.45) is 3.83. The van der Waals surface area contributed by atoms with E-state index >= 15 is 0 Å². The smallest absolute Gasteiger partial charge is 0.194 e. The average Bonchev–Trinajstić information content (AvgIpc) is 3.24. The van der Waals surface area contributed by atoms with Crippen LogP contribution in [0.5, 0.6) is 0 Å². The second kappa shape index (κ2) is 8.99. The van der Waals surface area contributed by atoms with Gasteiger partial charge < -0.3 is 14.6 Å². The molecular formula is C22H29N3O3. The average molecular weight is 383 g/mol. The normalized spacial score (nSPS) is 18.7. The van der Waals surface area contributed by atoms with Crippen molar-refractivity contribution in [3.63, 3.8) is 0 Å². The number of aromatic amines is 1. The number of rotatable bonds is 7. The minimum absolute atomic E-state index is 0.0243. The Kier molecular flexibility index (Phi) is 6.20. The third kappa shape index (κ3) is 4.35. The summed E-state index contributed by atoms with van der Waals surface area (Å²) in [7, 11) is 0. The van der Waals surface area contributed by atoms with Crippen LogP contribution < -0.4 is 5.43 Å². The molecule has 6 nitrogen and oxygen atoms in total. The van der Waals surface area contributed by atoms with E-state index in [4.69, 9.17) is 4.74 Å². The van der Waals surface area contributed by atoms with Crippen LogP contribution >= 0.6 is 0 Å². The number of ketones is 1. The van der Waals surface area contributed by atoms with Gasteiger partial charge in [-0.25, -0.2) is 0 Å². The van der Waals surface area contributed by atoms with Gasteiger partial charge in [0.2, 0.25) is 0 Å². The molecule has 2 aliphatic rings. The van der Waals surface area contributed by atoms with Gasteiger partial charge in [0.05, 0.1) is 18.9 Å². The highest BCUT2D eigenvalue weighted by atomic mass is 16.5. The molecule has 0 spiro atoms. The second-order valence-electron chi connectivity index (χ2n) is 7.82. The molecule has 1 aromatic heterocycles. The highest BCUT2D eigenvalue weighted by Crippen LogP contribution is 2.17. The van der Waals surface area contributed by atoms with Crippen molar-refractivity contribution in [1.82, 2.24) is 14.8 Å². The first kappa shape index (κ1) is 19.3. The number of nitrogens with one attached hydrogen (secondary N) is 1. The standard InChI is InChI=1S/C22H29N3O3/c26-20(8-5-11-24-9-3-4-10-24)21-18(16-25-12-14-28-15-13-25)22(27)17-6-1-2-7-19(17)23-21/h1-2,6-7H,3-5,8-16H2,(H,23,27). The topological polar surface area (TPSA) is 65.6 Å². The number of carbonyl (C=O) groups excluding carboxylic acids is 1. The predicted octanol–water partition coefficient (Wildman–Crippen LogP) is 2.42. The Labute approximate surface area is 165 Å². The Hall–Kier alpha value is -2.02. The zero-order chi connectivity index (χ0) is 19.3. The first-order valence-electron chi connectivity index (χ1n) is 10.4. The summed E-state index contributed by atoms with van der Waals surface area (Å²) in [6, 6.07) is 7.46. The van der Waals surface area contributed by atoms with Gasteiger partial charge in [-0.15, -0.1) is 0 Å². The lowest BCUT2D eigenvalue weighted by Crippen LogP contribution is -2.37. The molecule has 1 aromatic carbocycles. The lowest BCUT2D eigenvalue weighted by molar-refractivity contribution is 0.0339. The maximum atomic E-state index is 13.2. The zero-order valence-electron chi connectivity index (χ0n) is 16.4. The highest BCUT2D eigenvalue weighted by molar-refractivity contribution is 5.98. The van der Waals surface area contributed by atoms with E-state index < -0.39 is 0 Å². The fourth-order valence-corrected chi connectivity index (χ4v) is 4.24. The molecule has 3 heterocycles. The van der Waals surface area contributed by atoms with Crippen molar-refractivity contribution in [1.29, 1.82) is 0 Å². The Morgan fingerprint density at radius 1 is 1.04 bits per heavy atom. The van der Waals surface area contributed by atoms with Crippen molar-refractivity contribution in [3.8, 4) is 0 Å². The SMILES string of the molecule is O=C(CCCN1CCCC1)c1[nH]c2ccccc2c(=O)c1CN1CCOCC1. The van der Waals surface area contributed by atoms with Crippen molar-refractivity contribution in [2.75, 3.05) is 45.9 Å². The molecule has 150 valence electrons. The molecule has 2 aromatic rings.